The van der Waals surface area contributed by atoms with Gasteiger partial charge in [0.15, 0.2) is 0 Å². The van der Waals surface area contributed by atoms with E-state index in [0.29, 0.717) is 33.1 Å². The smallest absolute Gasteiger partial charge is 0.262 e. The number of carbonyl (C=O) groups is 1. The third-order valence-electron chi connectivity index (χ3n) is 3.68. The van der Waals surface area contributed by atoms with E-state index >= 15 is 0 Å². The third-order valence-corrected chi connectivity index (χ3v) is 4.88. The predicted molar refractivity (Wildman–Crippen MR) is 91.6 cm³/mol. The summed E-state index contributed by atoms with van der Waals surface area (Å²) >= 11 is 1.22. The van der Waals surface area contributed by atoms with Crippen molar-refractivity contribution in [2.45, 2.75) is 13.5 Å². The first kappa shape index (κ1) is 16.1. The molecular formula is C16H16N4O3S. The summed E-state index contributed by atoms with van der Waals surface area (Å²) in [5.41, 5.74) is 1.37. The molecule has 0 fully saturated rings. The van der Waals surface area contributed by atoms with Crippen molar-refractivity contribution in [2.24, 2.45) is 7.05 Å². The molecule has 0 bridgehead atoms. The van der Waals surface area contributed by atoms with Gasteiger partial charge in [0, 0.05) is 25.9 Å². The Morgan fingerprint density at radius 1 is 1.38 bits per heavy atom. The number of aryl methyl sites for hydroxylation is 2. The van der Waals surface area contributed by atoms with E-state index in [2.05, 4.69) is 15.3 Å². The van der Waals surface area contributed by atoms with E-state index in [1.165, 1.54) is 22.2 Å². The van der Waals surface area contributed by atoms with Crippen molar-refractivity contribution < 1.29 is 9.53 Å². The van der Waals surface area contributed by atoms with Gasteiger partial charge in [-0.05, 0) is 18.1 Å². The summed E-state index contributed by atoms with van der Waals surface area (Å²) in [4.78, 5) is 34.0. The standard InChI is InChI=1S/C16H16N4O3S/c1-9-12-15(19-8-20(2)16(12)22)24-13(9)14(21)18-7-10-4-5-11(23-3)17-6-10/h4-6,8H,7H2,1-3H3,(H,18,21). The van der Waals surface area contributed by atoms with E-state index < -0.39 is 0 Å². The highest BCUT2D eigenvalue weighted by Crippen LogP contribution is 2.26. The first-order chi connectivity index (χ1) is 11.5. The summed E-state index contributed by atoms with van der Waals surface area (Å²) in [5.74, 6) is 0.292. The number of amides is 1. The van der Waals surface area contributed by atoms with Crippen LogP contribution in [0.1, 0.15) is 20.8 Å². The van der Waals surface area contributed by atoms with Gasteiger partial charge in [0.2, 0.25) is 5.88 Å². The number of thiophene rings is 1. The fourth-order valence-corrected chi connectivity index (χ4v) is 3.38. The van der Waals surface area contributed by atoms with Crippen LogP contribution < -0.4 is 15.6 Å². The highest BCUT2D eigenvalue weighted by Gasteiger charge is 2.18. The summed E-state index contributed by atoms with van der Waals surface area (Å²) in [6.07, 6.45) is 3.11. The summed E-state index contributed by atoms with van der Waals surface area (Å²) in [6, 6.07) is 3.57. The predicted octanol–water partition coefficient (Wildman–Crippen LogP) is 1.64. The molecule has 8 heteroatoms. The third kappa shape index (κ3) is 2.88. The zero-order chi connectivity index (χ0) is 17.3. The molecule has 1 amide bonds. The Labute approximate surface area is 141 Å². The van der Waals surface area contributed by atoms with Crippen LogP contribution in [0.2, 0.25) is 0 Å². The second-order valence-corrected chi connectivity index (χ2v) is 6.29. The monoisotopic (exact) mass is 344 g/mol. The van der Waals surface area contributed by atoms with Crippen LogP contribution in [-0.2, 0) is 13.6 Å². The van der Waals surface area contributed by atoms with Crippen molar-refractivity contribution in [1.82, 2.24) is 19.9 Å². The molecule has 7 nitrogen and oxygen atoms in total. The van der Waals surface area contributed by atoms with Gasteiger partial charge in [0.1, 0.15) is 4.83 Å². The number of carbonyl (C=O) groups excluding carboxylic acids is 1. The summed E-state index contributed by atoms with van der Waals surface area (Å²) < 4.78 is 6.41. The Bertz CT molecular complexity index is 960. The van der Waals surface area contributed by atoms with Crippen LogP contribution in [0.5, 0.6) is 5.88 Å². The van der Waals surface area contributed by atoms with Crippen molar-refractivity contribution in [3.8, 4) is 5.88 Å². The highest BCUT2D eigenvalue weighted by atomic mass is 32.1. The summed E-state index contributed by atoms with van der Waals surface area (Å²) in [6.45, 7) is 2.11. The number of hydrogen-bond acceptors (Lipinski definition) is 6. The van der Waals surface area contributed by atoms with Crippen molar-refractivity contribution in [3.05, 3.63) is 51.0 Å². The molecular weight excluding hydrogens is 328 g/mol. The van der Waals surface area contributed by atoms with Gasteiger partial charge in [-0.3, -0.25) is 9.59 Å². The number of pyridine rings is 1. The average molecular weight is 344 g/mol. The summed E-state index contributed by atoms with van der Waals surface area (Å²) in [7, 11) is 3.19. The van der Waals surface area contributed by atoms with Gasteiger partial charge in [0.05, 0.1) is 23.7 Å². The van der Waals surface area contributed by atoms with Crippen LogP contribution in [0.3, 0.4) is 0 Å². The lowest BCUT2D eigenvalue weighted by Crippen LogP contribution is -2.23. The molecule has 0 unspecified atom stereocenters. The van der Waals surface area contributed by atoms with Gasteiger partial charge in [-0.15, -0.1) is 11.3 Å². The number of aromatic nitrogens is 3. The van der Waals surface area contributed by atoms with Crippen LogP contribution >= 0.6 is 11.3 Å². The van der Waals surface area contributed by atoms with Gasteiger partial charge in [-0.2, -0.15) is 0 Å². The van der Waals surface area contributed by atoms with Crippen LogP contribution in [0.15, 0.2) is 29.5 Å². The molecule has 124 valence electrons. The molecule has 0 aliphatic heterocycles. The molecule has 0 aliphatic carbocycles. The quantitative estimate of drug-likeness (QED) is 0.777. The number of rotatable bonds is 4. The fraction of sp³-hybridized carbons (Fsp3) is 0.250. The maximum Gasteiger partial charge on any atom is 0.262 e. The van der Waals surface area contributed by atoms with Crippen molar-refractivity contribution in [2.75, 3.05) is 7.11 Å². The van der Waals surface area contributed by atoms with Crippen LogP contribution in [0.4, 0.5) is 0 Å². The molecule has 24 heavy (non-hydrogen) atoms. The van der Waals surface area contributed by atoms with Crippen molar-refractivity contribution >= 4 is 27.5 Å². The molecule has 0 spiro atoms. The van der Waals surface area contributed by atoms with E-state index in [1.54, 1.807) is 33.3 Å². The topological polar surface area (TPSA) is 86.1 Å². The van der Waals surface area contributed by atoms with E-state index in [9.17, 15) is 9.59 Å². The molecule has 3 heterocycles. The highest BCUT2D eigenvalue weighted by molar-refractivity contribution is 7.20. The lowest BCUT2D eigenvalue weighted by atomic mass is 10.2. The molecule has 3 aromatic heterocycles. The Morgan fingerprint density at radius 3 is 2.83 bits per heavy atom. The molecule has 0 atom stereocenters. The maximum atomic E-state index is 12.4. The van der Waals surface area contributed by atoms with Crippen LogP contribution in [0.25, 0.3) is 10.2 Å². The molecule has 0 saturated heterocycles. The Kier molecular flexibility index (Phi) is 4.30. The first-order valence-corrected chi connectivity index (χ1v) is 8.04. The van der Waals surface area contributed by atoms with Gasteiger partial charge in [-0.25, -0.2) is 9.97 Å². The molecule has 3 aromatic rings. The number of nitrogens with zero attached hydrogens (tertiary/aromatic N) is 3. The zero-order valence-electron chi connectivity index (χ0n) is 13.5. The molecule has 0 saturated carbocycles. The van der Waals surface area contributed by atoms with Crippen molar-refractivity contribution in [1.29, 1.82) is 0 Å². The molecule has 0 aliphatic rings. The molecule has 3 rings (SSSR count). The van der Waals surface area contributed by atoms with Gasteiger partial charge in [0.25, 0.3) is 11.5 Å². The lowest BCUT2D eigenvalue weighted by Gasteiger charge is -2.05. The average Bonchev–Trinajstić information content (AvgIpc) is 2.94. The Morgan fingerprint density at radius 2 is 2.17 bits per heavy atom. The largest absolute Gasteiger partial charge is 0.481 e. The fourth-order valence-electron chi connectivity index (χ4n) is 2.32. The van der Waals surface area contributed by atoms with E-state index in [1.807, 2.05) is 6.07 Å². The van der Waals surface area contributed by atoms with Crippen LogP contribution in [-0.4, -0.2) is 27.6 Å². The second kappa shape index (κ2) is 6.40. The van der Waals surface area contributed by atoms with E-state index in [-0.39, 0.29) is 11.5 Å². The van der Waals surface area contributed by atoms with Gasteiger partial charge in [-0.1, -0.05) is 6.07 Å². The molecule has 1 N–H and O–H groups in total. The van der Waals surface area contributed by atoms with Crippen LogP contribution in [0, 0.1) is 6.92 Å². The number of fused-ring (bicyclic) bond motifs is 1. The minimum atomic E-state index is -0.228. The number of methoxy groups -OCH3 is 1. The summed E-state index contributed by atoms with van der Waals surface area (Å²) in [5, 5.41) is 3.34. The normalized spacial score (nSPS) is 10.8. The second-order valence-electron chi connectivity index (χ2n) is 5.29. The maximum absolute atomic E-state index is 12.4. The number of hydrogen-bond donors (Lipinski definition) is 1. The number of ether oxygens (including phenoxy) is 1. The minimum Gasteiger partial charge on any atom is -0.481 e. The Hall–Kier alpha value is -2.74. The van der Waals surface area contributed by atoms with Crippen molar-refractivity contribution in [3.63, 3.8) is 0 Å². The molecule has 0 radical (unpaired) electrons. The Balaban J connectivity index is 1.82. The van der Waals surface area contributed by atoms with Gasteiger partial charge >= 0.3 is 0 Å². The van der Waals surface area contributed by atoms with Gasteiger partial charge < -0.3 is 14.6 Å². The SMILES string of the molecule is COc1ccc(CNC(=O)c2sc3ncn(C)c(=O)c3c2C)cn1. The lowest BCUT2D eigenvalue weighted by molar-refractivity contribution is 0.0954. The zero-order valence-corrected chi connectivity index (χ0v) is 14.3. The minimum absolute atomic E-state index is 0.146. The van der Waals surface area contributed by atoms with E-state index in [4.69, 9.17) is 4.74 Å². The first-order valence-electron chi connectivity index (χ1n) is 7.23. The van der Waals surface area contributed by atoms with E-state index in [0.717, 1.165) is 5.56 Å². The molecule has 0 aromatic carbocycles. The number of nitrogens with one attached hydrogen (secondary N) is 1.